The van der Waals surface area contributed by atoms with Crippen LogP contribution in [0.3, 0.4) is 0 Å². The minimum absolute atomic E-state index is 0.0621. The predicted octanol–water partition coefficient (Wildman–Crippen LogP) is 3.17. The third-order valence-electron chi connectivity index (χ3n) is 4.22. The molecule has 0 saturated heterocycles. The molecule has 1 aromatic rings. The first-order chi connectivity index (χ1) is 12.4. The summed E-state index contributed by atoms with van der Waals surface area (Å²) in [6.07, 6.45) is 5.79. The second-order valence-corrected chi connectivity index (χ2v) is 6.87. The number of benzene rings is 1. The summed E-state index contributed by atoms with van der Waals surface area (Å²) >= 11 is 0. The molecular weight excluding hydrogens is 332 g/mol. The van der Waals surface area contributed by atoms with Crippen LogP contribution in [-0.4, -0.2) is 60.9 Å². The van der Waals surface area contributed by atoms with Gasteiger partial charge in [0.15, 0.2) is 0 Å². The van der Waals surface area contributed by atoms with Crippen molar-refractivity contribution in [3.8, 4) is 0 Å². The molecule has 26 heavy (non-hydrogen) atoms. The molecule has 1 fully saturated rings. The maximum Gasteiger partial charge on any atom is 0.269 e. The summed E-state index contributed by atoms with van der Waals surface area (Å²) in [6.45, 7) is 0. The fraction of sp³-hybridized carbons (Fsp3) is 0.556. The molecule has 2 rings (SSSR count). The van der Waals surface area contributed by atoms with Crippen LogP contribution in [0.2, 0.25) is 0 Å². The van der Waals surface area contributed by atoms with Crippen molar-refractivity contribution in [3.05, 3.63) is 34.4 Å². The SMILES string of the molecule is CN(C)C(=NC(=NC1CCCCC1)Nc1ccc([N+](=O)[O-])cc1)N(C)C. The Morgan fingerprint density at radius 1 is 1.08 bits per heavy atom. The number of nitrogens with one attached hydrogen (secondary N) is 1. The lowest BCUT2D eigenvalue weighted by Crippen LogP contribution is -2.37. The van der Waals surface area contributed by atoms with Gasteiger partial charge in [0.2, 0.25) is 11.9 Å². The lowest BCUT2D eigenvalue weighted by Gasteiger charge is -2.24. The molecule has 0 amide bonds. The zero-order valence-electron chi connectivity index (χ0n) is 16.0. The highest BCUT2D eigenvalue weighted by Crippen LogP contribution is 2.21. The highest BCUT2D eigenvalue weighted by Gasteiger charge is 2.15. The van der Waals surface area contributed by atoms with Crippen LogP contribution in [0.15, 0.2) is 34.3 Å². The normalized spacial score (nSPS) is 15.3. The monoisotopic (exact) mass is 360 g/mol. The van der Waals surface area contributed by atoms with Gasteiger partial charge in [-0.25, -0.2) is 4.99 Å². The minimum Gasteiger partial charge on any atom is -0.349 e. The summed E-state index contributed by atoms with van der Waals surface area (Å²) in [5, 5.41) is 14.0. The van der Waals surface area contributed by atoms with E-state index in [1.54, 1.807) is 12.1 Å². The molecular formula is C18H28N6O2. The van der Waals surface area contributed by atoms with Crippen LogP contribution in [0, 0.1) is 10.1 Å². The number of nitro benzene ring substituents is 1. The quantitative estimate of drug-likeness (QED) is 0.387. The molecule has 0 bridgehead atoms. The van der Waals surface area contributed by atoms with Gasteiger partial charge < -0.3 is 15.1 Å². The summed E-state index contributed by atoms with van der Waals surface area (Å²) < 4.78 is 0. The van der Waals surface area contributed by atoms with Gasteiger partial charge in [0.1, 0.15) is 0 Å². The van der Waals surface area contributed by atoms with Gasteiger partial charge in [-0.2, -0.15) is 4.99 Å². The van der Waals surface area contributed by atoms with Crippen molar-refractivity contribution in [3.63, 3.8) is 0 Å². The Kier molecular flexibility index (Phi) is 6.94. The van der Waals surface area contributed by atoms with Crippen molar-refractivity contribution in [1.29, 1.82) is 0 Å². The number of hydrogen-bond donors (Lipinski definition) is 1. The second kappa shape index (κ2) is 9.17. The van der Waals surface area contributed by atoms with E-state index in [-0.39, 0.29) is 11.7 Å². The first-order valence-corrected chi connectivity index (χ1v) is 8.89. The molecule has 1 N–H and O–H groups in total. The molecule has 0 radical (unpaired) electrons. The van der Waals surface area contributed by atoms with Crippen LogP contribution in [0.25, 0.3) is 0 Å². The lowest BCUT2D eigenvalue weighted by atomic mass is 9.96. The van der Waals surface area contributed by atoms with E-state index in [9.17, 15) is 10.1 Å². The molecule has 0 spiro atoms. The number of nitro groups is 1. The summed E-state index contributed by atoms with van der Waals surface area (Å²) in [7, 11) is 7.73. The van der Waals surface area contributed by atoms with Crippen molar-refractivity contribution >= 4 is 23.3 Å². The average molecular weight is 360 g/mol. The van der Waals surface area contributed by atoms with E-state index in [0.717, 1.165) is 24.5 Å². The third-order valence-corrected chi connectivity index (χ3v) is 4.22. The Balaban J connectivity index is 2.28. The molecule has 1 aliphatic rings. The molecule has 8 heteroatoms. The first kappa shape index (κ1) is 19.7. The molecule has 0 aliphatic heterocycles. The van der Waals surface area contributed by atoms with Crippen LogP contribution in [0.4, 0.5) is 11.4 Å². The highest BCUT2D eigenvalue weighted by molar-refractivity contribution is 6.02. The van der Waals surface area contributed by atoms with Gasteiger partial charge in [0.25, 0.3) is 5.69 Å². The number of guanidine groups is 2. The van der Waals surface area contributed by atoms with E-state index in [1.165, 1.54) is 31.4 Å². The van der Waals surface area contributed by atoms with Crippen LogP contribution in [-0.2, 0) is 0 Å². The van der Waals surface area contributed by atoms with Gasteiger partial charge in [0.05, 0.1) is 11.0 Å². The van der Waals surface area contributed by atoms with Crippen molar-refractivity contribution in [1.82, 2.24) is 9.80 Å². The molecule has 1 saturated carbocycles. The number of non-ortho nitro benzene ring substituents is 1. The van der Waals surface area contributed by atoms with E-state index in [2.05, 4.69) is 5.32 Å². The van der Waals surface area contributed by atoms with Gasteiger partial charge in [-0.3, -0.25) is 10.1 Å². The third kappa shape index (κ3) is 5.72. The molecule has 0 unspecified atom stereocenters. The molecule has 142 valence electrons. The summed E-state index contributed by atoms with van der Waals surface area (Å²) in [5.41, 5.74) is 0.790. The average Bonchev–Trinajstić information content (AvgIpc) is 2.60. The fourth-order valence-electron chi connectivity index (χ4n) is 2.96. The maximum absolute atomic E-state index is 10.8. The molecule has 0 aromatic heterocycles. The summed E-state index contributed by atoms with van der Waals surface area (Å²) in [6, 6.07) is 6.56. The molecule has 0 atom stereocenters. The highest BCUT2D eigenvalue weighted by atomic mass is 16.6. The summed E-state index contributed by atoms with van der Waals surface area (Å²) in [5.74, 6) is 1.30. The van der Waals surface area contributed by atoms with E-state index >= 15 is 0 Å². The van der Waals surface area contributed by atoms with Gasteiger partial charge in [-0.1, -0.05) is 19.3 Å². The van der Waals surface area contributed by atoms with Gasteiger partial charge in [-0.15, -0.1) is 0 Å². The standard InChI is InChI=1S/C18H28N6O2/c1-22(2)18(23(3)4)21-17(19-14-8-6-5-7-9-14)20-15-10-12-16(13-11-15)24(25)26/h10-14H,5-9H2,1-4H3,(H,19,20). The van der Waals surface area contributed by atoms with E-state index in [1.807, 2.05) is 38.0 Å². The van der Waals surface area contributed by atoms with Crippen LogP contribution in [0.5, 0.6) is 0 Å². The van der Waals surface area contributed by atoms with Crippen molar-refractivity contribution in [2.24, 2.45) is 9.98 Å². The van der Waals surface area contributed by atoms with Gasteiger partial charge >= 0.3 is 0 Å². The molecule has 0 heterocycles. The Hall–Kier alpha value is -2.64. The predicted molar refractivity (Wildman–Crippen MR) is 106 cm³/mol. The lowest BCUT2D eigenvalue weighted by molar-refractivity contribution is -0.384. The van der Waals surface area contributed by atoms with E-state index < -0.39 is 4.92 Å². The van der Waals surface area contributed by atoms with Crippen molar-refractivity contribution in [2.75, 3.05) is 33.5 Å². The Morgan fingerprint density at radius 3 is 2.15 bits per heavy atom. The molecule has 1 aromatic carbocycles. The van der Waals surface area contributed by atoms with Crippen molar-refractivity contribution < 1.29 is 4.92 Å². The zero-order chi connectivity index (χ0) is 19.1. The number of rotatable bonds is 3. The Morgan fingerprint density at radius 2 is 1.65 bits per heavy atom. The minimum atomic E-state index is -0.408. The summed E-state index contributed by atoms with van der Waals surface area (Å²) in [4.78, 5) is 23.8. The first-order valence-electron chi connectivity index (χ1n) is 8.89. The van der Waals surface area contributed by atoms with E-state index in [0.29, 0.717) is 5.96 Å². The van der Waals surface area contributed by atoms with Crippen LogP contribution in [0.1, 0.15) is 32.1 Å². The van der Waals surface area contributed by atoms with Crippen molar-refractivity contribution in [2.45, 2.75) is 38.1 Å². The maximum atomic E-state index is 10.8. The van der Waals surface area contributed by atoms with Gasteiger partial charge in [0, 0.05) is 46.0 Å². The van der Waals surface area contributed by atoms with Crippen LogP contribution < -0.4 is 5.32 Å². The largest absolute Gasteiger partial charge is 0.349 e. The molecule has 8 nitrogen and oxygen atoms in total. The second-order valence-electron chi connectivity index (χ2n) is 6.87. The van der Waals surface area contributed by atoms with E-state index in [4.69, 9.17) is 9.98 Å². The number of nitrogens with zero attached hydrogens (tertiary/aromatic N) is 5. The smallest absolute Gasteiger partial charge is 0.269 e. The van der Waals surface area contributed by atoms with Crippen LogP contribution >= 0.6 is 0 Å². The Labute approximate surface area is 154 Å². The topological polar surface area (TPSA) is 86.4 Å². The fourth-order valence-corrected chi connectivity index (χ4v) is 2.96. The number of anilines is 1. The zero-order valence-corrected chi connectivity index (χ0v) is 16.0. The Bertz CT molecular complexity index is 651. The number of hydrogen-bond acceptors (Lipinski definition) is 3. The van der Waals surface area contributed by atoms with Gasteiger partial charge in [-0.05, 0) is 25.0 Å². The number of aliphatic imine (C=N–C) groups is 2. The molecule has 1 aliphatic carbocycles.